The third kappa shape index (κ3) is 3.91. The van der Waals surface area contributed by atoms with Gasteiger partial charge >= 0.3 is 0 Å². The third-order valence-corrected chi connectivity index (χ3v) is 12.2. The fourth-order valence-corrected chi connectivity index (χ4v) is 10.1. The first-order valence-electron chi connectivity index (χ1n) is 17.6. The monoisotopic (exact) mass is 665 g/mol. The average Bonchev–Trinajstić information content (AvgIpc) is 3.85. The Morgan fingerprint density at radius 2 is 1.04 bits per heavy atom. The van der Waals surface area contributed by atoms with Gasteiger partial charge < -0.3 is 4.57 Å². The zero-order valence-electron chi connectivity index (χ0n) is 27.8. The summed E-state index contributed by atoms with van der Waals surface area (Å²) < 4.78 is 5.14. The fraction of sp³-hybridized carbons (Fsp3) is 0.0204. The summed E-state index contributed by atoms with van der Waals surface area (Å²) >= 11 is 1.87. The molecule has 1 aliphatic rings. The molecule has 0 spiro atoms. The molecule has 1 aliphatic carbocycles. The van der Waals surface area contributed by atoms with Crippen LogP contribution in [0.25, 0.3) is 69.9 Å². The van der Waals surface area contributed by atoms with Crippen molar-refractivity contribution in [1.82, 2.24) is 4.57 Å². The SMILES string of the molecule is c1ccc(-n2c3ccccc3c3c4c(cc(-c5ccc6sc7ccccc7c6c5)c32)C(c2ccccc2)(c2ccccc2)c2ccccc2-4)cc1. The van der Waals surface area contributed by atoms with Gasteiger partial charge in [-0.1, -0.05) is 146 Å². The Labute approximate surface area is 300 Å². The number of para-hydroxylation sites is 2. The van der Waals surface area contributed by atoms with Crippen molar-refractivity contribution >= 4 is 53.3 Å². The van der Waals surface area contributed by atoms with Gasteiger partial charge in [-0.2, -0.15) is 0 Å². The molecule has 2 aromatic heterocycles. The van der Waals surface area contributed by atoms with Gasteiger partial charge in [-0.3, -0.25) is 0 Å². The highest BCUT2D eigenvalue weighted by atomic mass is 32.1. The van der Waals surface area contributed by atoms with Crippen LogP contribution in [0, 0.1) is 0 Å². The second-order valence-electron chi connectivity index (χ2n) is 13.6. The standard InChI is InChI=1S/C49H31NS/c1-4-16-33(17-5-1)49(34-18-6-2-7-19-34)41-25-13-10-23-37(41)46-42(49)31-39(32-28-29-45-40(30-32)36-22-12-15-27-44(36)51-45)48-47(46)38-24-11-14-26-43(38)50(48)35-20-8-3-9-21-35/h1-31H. The van der Waals surface area contributed by atoms with Crippen molar-refractivity contribution in [3.63, 3.8) is 0 Å². The number of fused-ring (bicyclic) bond motifs is 10. The van der Waals surface area contributed by atoms with Gasteiger partial charge in [-0.05, 0) is 81.4 Å². The third-order valence-electron chi connectivity index (χ3n) is 11.1. The molecule has 0 unspecified atom stereocenters. The lowest BCUT2D eigenvalue weighted by Gasteiger charge is -2.34. The lowest BCUT2D eigenvalue weighted by molar-refractivity contribution is 0.769. The molecule has 0 aliphatic heterocycles. The van der Waals surface area contributed by atoms with E-state index in [0.29, 0.717) is 0 Å². The molecule has 1 nitrogen and oxygen atoms in total. The van der Waals surface area contributed by atoms with Gasteiger partial charge in [-0.25, -0.2) is 0 Å². The molecule has 0 N–H and O–H groups in total. The molecule has 10 aromatic rings. The molecular formula is C49H31NS. The molecule has 11 rings (SSSR count). The zero-order valence-corrected chi connectivity index (χ0v) is 28.6. The lowest BCUT2D eigenvalue weighted by Crippen LogP contribution is -2.28. The van der Waals surface area contributed by atoms with Gasteiger partial charge in [0.05, 0.1) is 16.4 Å². The molecule has 0 atom stereocenters. The first-order valence-corrected chi connectivity index (χ1v) is 18.4. The van der Waals surface area contributed by atoms with E-state index in [1.165, 1.54) is 86.5 Å². The summed E-state index contributed by atoms with van der Waals surface area (Å²) in [4.78, 5) is 0. The minimum Gasteiger partial charge on any atom is -0.309 e. The lowest BCUT2D eigenvalue weighted by atomic mass is 9.67. The van der Waals surface area contributed by atoms with Crippen LogP contribution in [0.3, 0.4) is 0 Å². The summed E-state index contributed by atoms with van der Waals surface area (Å²) in [5.41, 5.74) is 13.4. The van der Waals surface area contributed by atoms with Crippen LogP contribution >= 0.6 is 11.3 Å². The molecule has 238 valence electrons. The molecule has 0 amide bonds. The summed E-state index contributed by atoms with van der Waals surface area (Å²) in [5, 5.41) is 5.20. The maximum absolute atomic E-state index is 2.55. The number of rotatable bonds is 4. The van der Waals surface area contributed by atoms with Crippen molar-refractivity contribution in [3.8, 4) is 27.9 Å². The van der Waals surface area contributed by atoms with Gasteiger partial charge in [-0.15, -0.1) is 11.3 Å². The molecule has 2 heterocycles. The summed E-state index contributed by atoms with van der Waals surface area (Å²) in [6.45, 7) is 0. The Morgan fingerprint density at radius 3 is 1.80 bits per heavy atom. The van der Waals surface area contributed by atoms with Crippen LogP contribution in [-0.4, -0.2) is 4.57 Å². The predicted molar refractivity (Wildman–Crippen MR) is 216 cm³/mol. The van der Waals surface area contributed by atoms with Crippen LogP contribution in [0.5, 0.6) is 0 Å². The number of hydrogen-bond acceptors (Lipinski definition) is 1. The number of thiophene rings is 1. The van der Waals surface area contributed by atoms with E-state index in [0.717, 1.165) is 5.69 Å². The van der Waals surface area contributed by atoms with Crippen LogP contribution < -0.4 is 0 Å². The van der Waals surface area contributed by atoms with Gasteiger partial charge in [0, 0.05) is 42.2 Å². The fourth-order valence-electron chi connectivity index (χ4n) is 9.04. The normalized spacial score (nSPS) is 13.3. The second-order valence-corrected chi connectivity index (χ2v) is 14.7. The van der Waals surface area contributed by atoms with E-state index in [-0.39, 0.29) is 0 Å². The van der Waals surface area contributed by atoms with Gasteiger partial charge in [0.2, 0.25) is 0 Å². The highest BCUT2D eigenvalue weighted by Gasteiger charge is 2.47. The largest absolute Gasteiger partial charge is 0.309 e. The van der Waals surface area contributed by atoms with E-state index in [9.17, 15) is 0 Å². The van der Waals surface area contributed by atoms with Crippen LogP contribution in [0.4, 0.5) is 0 Å². The van der Waals surface area contributed by atoms with Gasteiger partial charge in [0.15, 0.2) is 0 Å². The first-order chi connectivity index (χ1) is 25.3. The van der Waals surface area contributed by atoms with Crippen molar-refractivity contribution in [3.05, 3.63) is 210 Å². The zero-order chi connectivity index (χ0) is 33.5. The highest BCUT2D eigenvalue weighted by molar-refractivity contribution is 7.25. The molecule has 0 saturated carbocycles. The number of hydrogen-bond donors (Lipinski definition) is 0. The van der Waals surface area contributed by atoms with E-state index in [1.807, 2.05) is 11.3 Å². The Hall–Kier alpha value is -6.22. The predicted octanol–water partition coefficient (Wildman–Crippen LogP) is 13.2. The van der Waals surface area contributed by atoms with Gasteiger partial charge in [0.1, 0.15) is 0 Å². The smallest absolute Gasteiger partial charge is 0.0714 e. The Balaban J connectivity index is 1.39. The minimum atomic E-state index is -0.507. The van der Waals surface area contributed by atoms with Crippen LogP contribution in [0.2, 0.25) is 0 Å². The van der Waals surface area contributed by atoms with Crippen LogP contribution in [-0.2, 0) is 5.41 Å². The number of aromatic nitrogens is 1. The summed E-state index contributed by atoms with van der Waals surface area (Å²) in [6.07, 6.45) is 0. The Morgan fingerprint density at radius 1 is 0.431 bits per heavy atom. The number of benzene rings is 8. The van der Waals surface area contributed by atoms with Crippen molar-refractivity contribution in [2.24, 2.45) is 0 Å². The molecule has 2 heteroatoms. The van der Waals surface area contributed by atoms with Crippen molar-refractivity contribution in [2.45, 2.75) is 5.41 Å². The van der Waals surface area contributed by atoms with E-state index in [2.05, 4.69) is 193 Å². The summed E-state index contributed by atoms with van der Waals surface area (Å²) in [7, 11) is 0. The van der Waals surface area contributed by atoms with E-state index >= 15 is 0 Å². The number of nitrogens with zero attached hydrogens (tertiary/aromatic N) is 1. The Kier molecular flexibility index (Phi) is 6.11. The van der Waals surface area contributed by atoms with Crippen LogP contribution in [0.15, 0.2) is 188 Å². The van der Waals surface area contributed by atoms with E-state index < -0.39 is 5.41 Å². The maximum Gasteiger partial charge on any atom is 0.0714 e. The first kappa shape index (κ1) is 28.6. The maximum atomic E-state index is 2.55. The van der Waals surface area contributed by atoms with Crippen LogP contribution in [0.1, 0.15) is 22.3 Å². The molecule has 0 radical (unpaired) electrons. The van der Waals surface area contributed by atoms with E-state index in [4.69, 9.17) is 0 Å². The molecule has 0 fully saturated rings. The molecular weight excluding hydrogens is 635 g/mol. The quantitative estimate of drug-likeness (QED) is 0.176. The molecule has 51 heavy (non-hydrogen) atoms. The van der Waals surface area contributed by atoms with Gasteiger partial charge in [0.25, 0.3) is 0 Å². The summed E-state index contributed by atoms with van der Waals surface area (Å²) in [6, 6.07) is 69.8. The van der Waals surface area contributed by atoms with Crippen molar-refractivity contribution < 1.29 is 0 Å². The topological polar surface area (TPSA) is 4.93 Å². The molecule has 0 bridgehead atoms. The highest BCUT2D eigenvalue weighted by Crippen LogP contribution is 2.60. The minimum absolute atomic E-state index is 0.507. The molecule has 8 aromatic carbocycles. The Bertz CT molecular complexity index is 2910. The van der Waals surface area contributed by atoms with Crippen molar-refractivity contribution in [2.75, 3.05) is 0 Å². The van der Waals surface area contributed by atoms with Crippen molar-refractivity contribution in [1.29, 1.82) is 0 Å². The second kappa shape index (κ2) is 10.9. The molecule has 0 saturated heterocycles. The summed E-state index contributed by atoms with van der Waals surface area (Å²) in [5.74, 6) is 0. The van der Waals surface area contributed by atoms with E-state index in [1.54, 1.807) is 0 Å². The average molecular weight is 666 g/mol.